The highest BCUT2D eigenvalue weighted by Gasteiger charge is 2.38. The molecule has 1 aliphatic heterocycles. The minimum atomic E-state index is -0.968. The first-order valence-electron chi connectivity index (χ1n) is 9.05. The second-order valence-electron chi connectivity index (χ2n) is 6.67. The molecule has 9 nitrogen and oxygen atoms in total. The van der Waals surface area contributed by atoms with Gasteiger partial charge in [0.2, 0.25) is 11.8 Å². The number of carbonyl (C=O) groups excluding carboxylic acids is 3. The number of methoxy groups -OCH3 is 1. The van der Waals surface area contributed by atoms with Gasteiger partial charge in [0.1, 0.15) is 12.2 Å². The van der Waals surface area contributed by atoms with Crippen molar-refractivity contribution >= 4 is 23.8 Å². The van der Waals surface area contributed by atoms with Crippen LogP contribution in [0.4, 0.5) is 4.79 Å². The molecule has 9 heteroatoms. The first kappa shape index (κ1) is 21.4. The Labute approximate surface area is 163 Å². The number of aliphatic carboxylic acids is 1. The van der Waals surface area contributed by atoms with Crippen LogP contribution in [0.15, 0.2) is 24.3 Å². The quantitative estimate of drug-likeness (QED) is 0.668. The monoisotopic (exact) mass is 391 g/mol. The van der Waals surface area contributed by atoms with E-state index < -0.39 is 17.9 Å². The van der Waals surface area contributed by atoms with Crippen LogP contribution in [-0.4, -0.2) is 58.9 Å². The largest absolute Gasteiger partial charge is 0.497 e. The molecule has 3 N–H and O–H groups in total. The lowest BCUT2D eigenvalue weighted by molar-refractivity contribution is -0.143. The third kappa shape index (κ3) is 6.05. The van der Waals surface area contributed by atoms with Crippen LogP contribution in [0.5, 0.6) is 5.75 Å². The lowest BCUT2D eigenvalue weighted by Gasteiger charge is -2.32. The van der Waals surface area contributed by atoms with E-state index in [1.165, 1.54) is 17.7 Å². The number of barbiturate groups is 1. The lowest BCUT2D eigenvalue weighted by Crippen LogP contribution is -2.54. The van der Waals surface area contributed by atoms with Gasteiger partial charge in [0.05, 0.1) is 20.2 Å². The number of ether oxygens (including phenoxy) is 1. The summed E-state index contributed by atoms with van der Waals surface area (Å²) in [5.41, 5.74) is 5.37. The number of carboxylic acid groups (broad SMARTS) is 1. The van der Waals surface area contributed by atoms with Gasteiger partial charge in [0.25, 0.3) is 0 Å². The zero-order valence-electron chi connectivity index (χ0n) is 15.8. The van der Waals surface area contributed by atoms with Gasteiger partial charge in [-0.05, 0) is 30.0 Å². The molecule has 1 heterocycles. The third-order valence-corrected chi connectivity index (χ3v) is 4.47. The Morgan fingerprint density at radius 2 is 1.86 bits per heavy atom. The average Bonchev–Trinajstić information content (AvgIpc) is 3.50. The standard InChI is InChI=1S/C17H20N2O4.C2H5NO2/c1-23-14-4-2-3-13(9-14)11-19-16(21)10-15(20)18(17(19)22)8-7-12-5-6-12;3-1-2(4)5/h2-4,9,12H,5-8,10-11H2,1H3;1,3H2,(H,4,5). The maximum atomic E-state index is 12.5. The molecular weight excluding hydrogens is 366 g/mol. The van der Waals surface area contributed by atoms with Crippen LogP contribution in [-0.2, 0) is 20.9 Å². The maximum absolute atomic E-state index is 12.5. The van der Waals surface area contributed by atoms with Crippen molar-refractivity contribution in [2.45, 2.75) is 32.2 Å². The van der Waals surface area contributed by atoms with Gasteiger partial charge in [0, 0.05) is 6.54 Å². The zero-order valence-corrected chi connectivity index (χ0v) is 15.8. The molecule has 4 amide bonds. The molecule has 1 aromatic carbocycles. The van der Waals surface area contributed by atoms with Gasteiger partial charge in [-0.3, -0.25) is 24.2 Å². The molecule has 152 valence electrons. The van der Waals surface area contributed by atoms with Crippen molar-refractivity contribution in [2.75, 3.05) is 20.2 Å². The summed E-state index contributed by atoms with van der Waals surface area (Å²) in [7, 11) is 1.56. The van der Waals surface area contributed by atoms with E-state index in [2.05, 4.69) is 5.73 Å². The Kier molecular flexibility index (Phi) is 7.51. The molecule has 0 radical (unpaired) electrons. The van der Waals surface area contributed by atoms with Crippen LogP contribution < -0.4 is 10.5 Å². The first-order valence-corrected chi connectivity index (χ1v) is 9.05. The molecule has 0 atom stereocenters. The number of hydrogen-bond donors (Lipinski definition) is 2. The van der Waals surface area contributed by atoms with E-state index in [1.54, 1.807) is 19.2 Å². The lowest BCUT2D eigenvalue weighted by atomic mass is 10.1. The summed E-state index contributed by atoms with van der Waals surface area (Å²) in [4.78, 5) is 48.2. The van der Waals surface area contributed by atoms with E-state index in [9.17, 15) is 19.2 Å². The van der Waals surface area contributed by atoms with Crippen LogP contribution in [0, 0.1) is 5.92 Å². The second-order valence-corrected chi connectivity index (χ2v) is 6.67. The summed E-state index contributed by atoms with van der Waals surface area (Å²) in [5.74, 6) is -0.501. The van der Waals surface area contributed by atoms with E-state index in [0.29, 0.717) is 18.2 Å². The Morgan fingerprint density at radius 3 is 2.43 bits per heavy atom. The van der Waals surface area contributed by atoms with Crippen LogP contribution in [0.1, 0.15) is 31.2 Å². The fraction of sp³-hybridized carbons (Fsp3) is 0.474. The van der Waals surface area contributed by atoms with Crippen LogP contribution >= 0.6 is 0 Å². The van der Waals surface area contributed by atoms with Crippen molar-refractivity contribution in [3.63, 3.8) is 0 Å². The van der Waals surface area contributed by atoms with Crippen molar-refractivity contribution < 1.29 is 29.0 Å². The zero-order chi connectivity index (χ0) is 20.7. The highest BCUT2D eigenvalue weighted by molar-refractivity contribution is 6.14. The number of urea groups is 1. The number of benzene rings is 1. The van der Waals surface area contributed by atoms with Crippen molar-refractivity contribution in [1.29, 1.82) is 0 Å². The molecule has 0 aromatic heterocycles. The number of nitrogens with zero attached hydrogens (tertiary/aromatic N) is 2. The molecule has 0 unspecified atom stereocenters. The number of hydrogen-bond acceptors (Lipinski definition) is 6. The number of carbonyl (C=O) groups is 4. The van der Waals surface area contributed by atoms with Gasteiger partial charge < -0.3 is 15.6 Å². The minimum absolute atomic E-state index is 0.155. The topological polar surface area (TPSA) is 130 Å². The smallest absolute Gasteiger partial charge is 0.333 e. The first-order chi connectivity index (χ1) is 13.3. The fourth-order valence-electron chi connectivity index (χ4n) is 2.73. The summed E-state index contributed by atoms with van der Waals surface area (Å²) in [6.07, 6.45) is 2.93. The molecular formula is C19H25N3O6. The molecule has 28 heavy (non-hydrogen) atoms. The summed E-state index contributed by atoms with van der Waals surface area (Å²) < 4.78 is 5.15. The summed E-state index contributed by atoms with van der Waals surface area (Å²) in [5, 5.41) is 7.60. The highest BCUT2D eigenvalue weighted by atomic mass is 16.5. The number of amides is 4. The molecule has 0 bridgehead atoms. The summed E-state index contributed by atoms with van der Waals surface area (Å²) in [6.45, 7) is 0.284. The van der Waals surface area contributed by atoms with E-state index >= 15 is 0 Å². The normalized spacial score (nSPS) is 16.6. The average molecular weight is 391 g/mol. The third-order valence-electron chi connectivity index (χ3n) is 4.47. The fourth-order valence-corrected chi connectivity index (χ4v) is 2.73. The molecule has 1 saturated carbocycles. The molecule has 1 saturated heterocycles. The van der Waals surface area contributed by atoms with Crippen LogP contribution in [0.2, 0.25) is 0 Å². The number of carboxylic acids is 1. The van der Waals surface area contributed by atoms with E-state index in [1.807, 2.05) is 12.1 Å². The molecule has 2 fully saturated rings. The minimum Gasteiger partial charge on any atom is -0.497 e. The van der Waals surface area contributed by atoms with Gasteiger partial charge in [-0.2, -0.15) is 0 Å². The molecule has 0 spiro atoms. The van der Waals surface area contributed by atoms with Crippen molar-refractivity contribution in [3.8, 4) is 5.75 Å². The Bertz CT molecular complexity index is 747. The number of rotatable bonds is 7. The molecule has 2 aliphatic rings. The Morgan fingerprint density at radius 1 is 1.21 bits per heavy atom. The number of nitrogens with two attached hydrogens (primary N) is 1. The van der Waals surface area contributed by atoms with Gasteiger partial charge in [0.15, 0.2) is 0 Å². The van der Waals surface area contributed by atoms with Crippen molar-refractivity contribution in [1.82, 2.24) is 9.80 Å². The van der Waals surface area contributed by atoms with E-state index in [4.69, 9.17) is 9.84 Å². The van der Waals surface area contributed by atoms with Gasteiger partial charge >= 0.3 is 12.0 Å². The van der Waals surface area contributed by atoms with Crippen molar-refractivity contribution in [3.05, 3.63) is 29.8 Å². The summed E-state index contributed by atoms with van der Waals surface area (Å²) in [6, 6.07) is 6.71. The second kappa shape index (κ2) is 9.84. The van der Waals surface area contributed by atoms with Gasteiger partial charge in [-0.15, -0.1) is 0 Å². The summed E-state index contributed by atoms with van der Waals surface area (Å²) >= 11 is 0. The van der Waals surface area contributed by atoms with Crippen LogP contribution in [0.3, 0.4) is 0 Å². The van der Waals surface area contributed by atoms with Gasteiger partial charge in [-0.25, -0.2) is 4.79 Å². The predicted molar refractivity (Wildman–Crippen MR) is 99.3 cm³/mol. The Hall–Kier alpha value is -2.94. The molecule has 3 rings (SSSR count). The predicted octanol–water partition coefficient (Wildman–Crippen LogP) is 1.21. The van der Waals surface area contributed by atoms with Crippen molar-refractivity contribution in [2.24, 2.45) is 11.7 Å². The van der Waals surface area contributed by atoms with E-state index in [0.717, 1.165) is 16.9 Å². The molecule has 1 aromatic rings. The Balaban J connectivity index is 0.000000500. The van der Waals surface area contributed by atoms with Crippen LogP contribution in [0.25, 0.3) is 0 Å². The SMILES string of the molecule is COc1cccc(CN2C(=O)CC(=O)N(CCC3CC3)C2=O)c1.NCC(=O)O. The number of imide groups is 2. The maximum Gasteiger partial charge on any atom is 0.333 e. The highest BCUT2D eigenvalue weighted by Crippen LogP contribution is 2.33. The van der Waals surface area contributed by atoms with Gasteiger partial charge in [-0.1, -0.05) is 25.0 Å². The van der Waals surface area contributed by atoms with E-state index in [-0.39, 0.29) is 25.4 Å². The molecule has 1 aliphatic carbocycles.